The Morgan fingerprint density at radius 2 is 2.13 bits per heavy atom. The van der Waals surface area contributed by atoms with Crippen LogP contribution in [0.15, 0.2) is 11.3 Å². The molecule has 2 heterocycles. The topological polar surface area (TPSA) is 142 Å². The van der Waals surface area contributed by atoms with Crippen LogP contribution in [0.25, 0.3) is 0 Å². The first-order valence-electron chi connectivity index (χ1n) is 7.35. The number of nitrogens with one attached hydrogen (secondary N) is 1. The summed E-state index contributed by atoms with van der Waals surface area (Å²) in [7, 11) is 0. The molecule has 128 valence electrons. The molecule has 1 fully saturated rings. The number of carbonyl (C=O) groups excluding carboxylic acids is 2. The van der Waals surface area contributed by atoms with E-state index in [1.807, 2.05) is 0 Å². The fraction of sp³-hybridized carbons (Fsp3) is 0.643. The quantitative estimate of drug-likeness (QED) is 0.442. The molecule has 0 aromatic rings. The summed E-state index contributed by atoms with van der Waals surface area (Å²) >= 11 is 0. The van der Waals surface area contributed by atoms with Gasteiger partial charge < -0.3 is 30.9 Å². The maximum absolute atomic E-state index is 12.0. The van der Waals surface area contributed by atoms with Crippen LogP contribution >= 0.6 is 0 Å². The van der Waals surface area contributed by atoms with E-state index in [0.717, 1.165) is 0 Å². The van der Waals surface area contributed by atoms with Gasteiger partial charge >= 0.3 is 12.0 Å². The minimum atomic E-state index is -1.19. The van der Waals surface area contributed by atoms with Gasteiger partial charge in [0, 0.05) is 6.54 Å². The van der Waals surface area contributed by atoms with Crippen LogP contribution in [0.1, 0.15) is 20.3 Å². The summed E-state index contributed by atoms with van der Waals surface area (Å²) in [5, 5.41) is 21.4. The molecule has 0 radical (unpaired) electrons. The zero-order chi connectivity index (χ0) is 17.3. The predicted octanol–water partition coefficient (Wildman–Crippen LogP) is -0.990. The lowest BCUT2D eigenvalue weighted by Crippen LogP contribution is -2.61. The molecule has 9 nitrogen and oxygen atoms in total. The van der Waals surface area contributed by atoms with Gasteiger partial charge in [-0.2, -0.15) is 0 Å². The Morgan fingerprint density at radius 1 is 1.48 bits per heavy atom. The van der Waals surface area contributed by atoms with Gasteiger partial charge in [0.05, 0.1) is 30.8 Å². The number of aliphatic carboxylic acids is 1. The molecule has 0 saturated carbocycles. The van der Waals surface area contributed by atoms with Crippen LogP contribution in [0, 0.1) is 5.92 Å². The first-order valence-corrected chi connectivity index (χ1v) is 7.35. The van der Waals surface area contributed by atoms with E-state index in [1.165, 1.54) is 11.8 Å². The Morgan fingerprint density at radius 3 is 2.65 bits per heavy atom. The Balaban J connectivity index is 2.02. The molecule has 1 saturated heterocycles. The standard InChI is InChI=1S/C14H21N3O6/c1-6(4-16-14(15)22)23-5-8-3-9-10(7(2)18)12(19)17(9)11(8)13(20)21/h6-7,9-10,18H,3-5H2,1-2H3,(H,20,21)(H3,15,16,22). The molecule has 4 unspecified atom stereocenters. The van der Waals surface area contributed by atoms with Crippen molar-refractivity contribution in [2.24, 2.45) is 11.7 Å². The molecule has 23 heavy (non-hydrogen) atoms. The number of amides is 3. The van der Waals surface area contributed by atoms with Crippen LogP contribution in [-0.4, -0.2) is 64.4 Å². The number of rotatable bonds is 7. The van der Waals surface area contributed by atoms with Crippen LogP contribution < -0.4 is 11.1 Å². The number of urea groups is 1. The highest BCUT2D eigenvalue weighted by atomic mass is 16.5. The summed E-state index contributed by atoms with van der Waals surface area (Å²) in [6.45, 7) is 3.47. The Kier molecular flexibility index (Phi) is 4.90. The number of nitrogens with zero attached hydrogens (tertiary/aromatic N) is 1. The maximum Gasteiger partial charge on any atom is 0.352 e. The molecule has 0 bridgehead atoms. The van der Waals surface area contributed by atoms with Gasteiger partial charge in [0.15, 0.2) is 0 Å². The highest BCUT2D eigenvalue weighted by molar-refractivity contribution is 5.99. The van der Waals surface area contributed by atoms with E-state index < -0.39 is 24.0 Å². The summed E-state index contributed by atoms with van der Waals surface area (Å²) in [4.78, 5) is 35.3. The minimum Gasteiger partial charge on any atom is -0.477 e. The Bertz CT molecular complexity index is 559. The fourth-order valence-electron chi connectivity index (χ4n) is 3.04. The number of carboxylic acids is 1. The van der Waals surface area contributed by atoms with Gasteiger partial charge in [-0.3, -0.25) is 4.79 Å². The lowest BCUT2D eigenvalue weighted by molar-refractivity contribution is -0.161. The molecule has 0 aromatic heterocycles. The van der Waals surface area contributed by atoms with Crippen LogP contribution in [0.5, 0.6) is 0 Å². The minimum absolute atomic E-state index is 0.0377. The van der Waals surface area contributed by atoms with Crippen LogP contribution in [-0.2, 0) is 14.3 Å². The SMILES string of the molecule is CC(CNC(N)=O)OCC1=C(C(=O)O)N2C(=O)C(C(C)O)C2C1. The van der Waals surface area contributed by atoms with Gasteiger partial charge in [-0.25, -0.2) is 9.59 Å². The van der Waals surface area contributed by atoms with Crippen molar-refractivity contribution < 1.29 is 29.3 Å². The summed E-state index contributed by atoms with van der Waals surface area (Å²) in [5.74, 6) is -2.14. The number of aliphatic hydroxyl groups excluding tert-OH is 1. The van der Waals surface area contributed by atoms with Crippen molar-refractivity contribution in [1.82, 2.24) is 10.2 Å². The molecule has 0 aliphatic carbocycles. The normalized spacial score (nSPS) is 25.7. The Hall–Kier alpha value is -2.13. The number of carboxylic acid groups (broad SMARTS) is 1. The summed E-state index contributed by atoms with van der Waals surface area (Å²) in [6, 6.07) is -0.993. The maximum atomic E-state index is 12.0. The van der Waals surface area contributed by atoms with Crippen molar-refractivity contribution >= 4 is 17.9 Å². The molecule has 9 heteroatoms. The first-order chi connectivity index (χ1) is 10.7. The van der Waals surface area contributed by atoms with E-state index in [4.69, 9.17) is 10.5 Å². The monoisotopic (exact) mass is 327 g/mol. The number of aliphatic hydroxyl groups is 1. The highest BCUT2D eigenvalue weighted by Gasteiger charge is 2.56. The predicted molar refractivity (Wildman–Crippen MR) is 78.1 cm³/mol. The van der Waals surface area contributed by atoms with E-state index in [0.29, 0.717) is 12.0 Å². The second kappa shape index (κ2) is 6.55. The summed E-state index contributed by atoms with van der Waals surface area (Å²) in [5.41, 5.74) is 5.41. The van der Waals surface area contributed by atoms with Crippen LogP contribution in [0.3, 0.4) is 0 Å². The molecular formula is C14H21N3O6. The highest BCUT2D eigenvalue weighted by Crippen LogP contribution is 2.43. The third-order valence-electron chi connectivity index (χ3n) is 4.13. The third-order valence-corrected chi connectivity index (χ3v) is 4.13. The van der Waals surface area contributed by atoms with Crippen LogP contribution in [0.4, 0.5) is 4.79 Å². The second-order valence-corrected chi connectivity index (χ2v) is 5.87. The van der Waals surface area contributed by atoms with Crippen molar-refractivity contribution in [3.8, 4) is 0 Å². The van der Waals surface area contributed by atoms with Crippen molar-refractivity contribution in [3.05, 3.63) is 11.3 Å². The lowest BCUT2D eigenvalue weighted by atomic mass is 9.83. The van der Waals surface area contributed by atoms with E-state index in [9.17, 15) is 24.6 Å². The van der Waals surface area contributed by atoms with Crippen LogP contribution in [0.2, 0.25) is 0 Å². The molecular weight excluding hydrogens is 306 g/mol. The largest absolute Gasteiger partial charge is 0.477 e. The Labute approximate surface area is 133 Å². The smallest absolute Gasteiger partial charge is 0.352 e. The fourth-order valence-corrected chi connectivity index (χ4v) is 3.04. The average Bonchev–Trinajstić information content (AvgIpc) is 2.76. The van der Waals surface area contributed by atoms with E-state index in [-0.39, 0.29) is 36.9 Å². The molecule has 5 N–H and O–H groups in total. The lowest BCUT2D eigenvalue weighted by Gasteiger charge is -2.44. The average molecular weight is 327 g/mol. The van der Waals surface area contributed by atoms with Gasteiger partial charge in [0.25, 0.3) is 0 Å². The zero-order valence-electron chi connectivity index (χ0n) is 13.0. The second-order valence-electron chi connectivity index (χ2n) is 5.87. The first kappa shape index (κ1) is 17.2. The van der Waals surface area contributed by atoms with Crippen molar-refractivity contribution in [3.63, 3.8) is 0 Å². The van der Waals surface area contributed by atoms with Crippen molar-refractivity contribution in [2.45, 2.75) is 38.5 Å². The molecule has 0 aromatic carbocycles. The van der Waals surface area contributed by atoms with Gasteiger partial charge in [-0.15, -0.1) is 0 Å². The summed E-state index contributed by atoms with van der Waals surface area (Å²) < 4.78 is 5.52. The number of carbonyl (C=O) groups is 3. The molecule has 2 aliphatic rings. The molecule has 2 rings (SSSR count). The number of primary amides is 1. The molecule has 0 spiro atoms. The third kappa shape index (κ3) is 3.30. The number of hydrogen-bond acceptors (Lipinski definition) is 5. The van der Waals surface area contributed by atoms with Gasteiger partial charge in [0.2, 0.25) is 5.91 Å². The number of fused-ring (bicyclic) bond motifs is 1. The van der Waals surface area contributed by atoms with Gasteiger partial charge in [-0.05, 0) is 25.8 Å². The summed E-state index contributed by atoms with van der Waals surface area (Å²) in [6.07, 6.45) is -0.821. The van der Waals surface area contributed by atoms with Gasteiger partial charge in [-0.1, -0.05) is 0 Å². The van der Waals surface area contributed by atoms with Crippen molar-refractivity contribution in [1.29, 1.82) is 0 Å². The number of ether oxygens (including phenoxy) is 1. The van der Waals surface area contributed by atoms with E-state index >= 15 is 0 Å². The molecule has 3 amide bonds. The van der Waals surface area contributed by atoms with Crippen molar-refractivity contribution in [2.75, 3.05) is 13.2 Å². The zero-order valence-corrected chi connectivity index (χ0v) is 13.0. The number of nitrogens with two attached hydrogens (primary N) is 1. The van der Waals surface area contributed by atoms with E-state index in [2.05, 4.69) is 5.32 Å². The van der Waals surface area contributed by atoms with Gasteiger partial charge in [0.1, 0.15) is 5.70 Å². The number of hydrogen-bond donors (Lipinski definition) is 4. The molecule has 2 aliphatic heterocycles. The number of β-lactam (4-membered cyclic amide) rings is 1. The van der Waals surface area contributed by atoms with E-state index in [1.54, 1.807) is 6.92 Å². The molecule has 4 atom stereocenters.